The highest BCUT2D eigenvalue weighted by atomic mass is 79.9. The number of hydrogen-bond acceptors (Lipinski definition) is 9. The maximum Gasteiger partial charge on any atom is 0.306 e. The molecule has 13 heteroatoms. The molecule has 0 unspecified atom stereocenters. The molecule has 29 heavy (non-hydrogen) atoms. The van der Waals surface area contributed by atoms with Crippen molar-refractivity contribution >= 4 is 77.9 Å². The Morgan fingerprint density at radius 3 is 2.76 bits per heavy atom. The third-order valence-corrected chi connectivity index (χ3v) is 6.07. The Labute approximate surface area is 184 Å². The Morgan fingerprint density at radius 2 is 2.14 bits per heavy atom. The number of aliphatic imine (C=N–C) groups is 1. The maximum absolute atomic E-state index is 12.5. The molecule has 154 valence electrons. The standard InChI is InChI=1S/C16H15BrN4O5S3/c1-4-25-11-7-8(6-10(17)12(11)26-29(3,23)24)5-9-13(18)21-15(19-14(9)22)28-20-16(21)27-2/h5-7,18H,4H2,1-3H3/b9-5-,18-13?. The van der Waals surface area contributed by atoms with Crippen molar-refractivity contribution in [2.24, 2.45) is 9.39 Å². The Kier molecular flexibility index (Phi) is 6.41. The van der Waals surface area contributed by atoms with Gasteiger partial charge < -0.3 is 8.92 Å². The molecule has 2 heterocycles. The lowest BCUT2D eigenvalue weighted by Gasteiger charge is -2.24. The first-order valence-corrected chi connectivity index (χ1v) is 12.6. The number of rotatable bonds is 5. The van der Waals surface area contributed by atoms with E-state index in [2.05, 4.69) is 25.3 Å². The molecule has 1 aromatic carbocycles. The number of amides is 1. The Bertz CT molecular complexity index is 1100. The summed E-state index contributed by atoms with van der Waals surface area (Å²) in [6.07, 6.45) is 4.24. The van der Waals surface area contributed by atoms with Gasteiger partial charge in [0.05, 0.1) is 34.9 Å². The molecule has 1 aromatic rings. The van der Waals surface area contributed by atoms with Crippen LogP contribution in [0.15, 0.2) is 31.6 Å². The second kappa shape index (κ2) is 8.50. The number of fused-ring (bicyclic) bond motifs is 1. The highest BCUT2D eigenvalue weighted by Gasteiger charge is 2.37. The Hall–Kier alpha value is -1.83. The van der Waals surface area contributed by atoms with Gasteiger partial charge in [0, 0.05) is 0 Å². The van der Waals surface area contributed by atoms with Crippen LogP contribution in [0, 0.1) is 5.41 Å². The molecular formula is C16H15BrN4O5S3. The van der Waals surface area contributed by atoms with Crippen LogP contribution in [0.5, 0.6) is 11.5 Å². The van der Waals surface area contributed by atoms with Gasteiger partial charge >= 0.3 is 10.1 Å². The number of benzene rings is 1. The lowest BCUT2D eigenvalue weighted by atomic mass is 10.1. The molecule has 0 saturated heterocycles. The molecule has 0 atom stereocenters. The SMILES string of the molecule is CCOc1cc(/C=C2/C(=N)N3C(SC)=NSC3=NC2=O)cc(Br)c1OS(C)(=O)=O. The summed E-state index contributed by atoms with van der Waals surface area (Å²) in [4.78, 5) is 18.0. The summed E-state index contributed by atoms with van der Waals surface area (Å²) in [6, 6.07) is 3.10. The number of halogens is 1. The van der Waals surface area contributed by atoms with Crippen LogP contribution in [0.25, 0.3) is 6.08 Å². The van der Waals surface area contributed by atoms with Crippen molar-refractivity contribution in [3.63, 3.8) is 0 Å². The van der Waals surface area contributed by atoms with Crippen LogP contribution < -0.4 is 8.92 Å². The topological polar surface area (TPSA) is 121 Å². The molecule has 1 amide bonds. The lowest BCUT2D eigenvalue weighted by molar-refractivity contribution is -0.114. The first-order valence-electron chi connectivity index (χ1n) is 8.03. The first-order chi connectivity index (χ1) is 13.6. The molecule has 2 aliphatic rings. The minimum Gasteiger partial charge on any atom is -0.490 e. The second-order valence-electron chi connectivity index (χ2n) is 5.66. The Morgan fingerprint density at radius 1 is 1.41 bits per heavy atom. The van der Waals surface area contributed by atoms with Crippen LogP contribution in [0.4, 0.5) is 0 Å². The minimum atomic E-state index is -3.77. The molecule has 0 spiro atoms. The van der Waals surface area contributed by atoms with Gasteiger partial charge in [-0.3, -0.25) is 10.2 Å². The van der Waals surface area contributed by atoms with Crippen molar-refractivity contribution in [1.82, 2.24) is 4.90 Å². The van der Waals surface area contributed by atoms with Crippen LogP contribution >= 0.6 is 39.6 Å². The van der Waals surface area contributed by atoms with E-state index in [0.29, 0.717) is 20.4 Å². The van der Waals surface area contributed by atoms with Crippen molar-refractivity contribution in [3.05, 3.63) is 27.7 Å². The molecule has 1 N–H and O–H groups in total. The smallest absolute Gasteiger partial charge is 0.306 e. The normalized spacial score (nSPS) is 17.9. The predicted molar refractivity (Wildman–Crippen MR) is 119 cm³/mol. The lowest BCUT2D eigenvalue weighted by Crippen LogP contribution is -2.41. The van der Waals surface area contributed by atoms with Gasteiger partial charge in [0.15, 0.2) is 16.7 Å². The Balaban J connectivity index is 2.05. The van der Waals surface area contributed by atoms with Crippen molar-refractivity contribution in [1.29, 1.82) is 5.41 Å². The van der Waals surface area contributed by atoms with Crippen LogP contribution in [0.2, 0.25) is 0 Å². The highest BCUT2D eigenvalue weighted by molar-refractivity contribution is 9.10. The average molecular weight is 519 g/mol. The number of nitrogens with zero attached hydrogens (tertiary/aromatic N) is 3. The summed E-state index contributed by atoms with van der Waals surface area (Å²) < 4.78 is 38.1. The molecule has 2 aliphatic heterocycles. The zero-order valence-corrected chi connectivity index (χ0v) is 19.5. The van der Waals surface area contributed by atoms with Crippen molar-refractivity contribution in [2.45, 2.75) is 6.92 Å². The number of hydrogen-bond donors (Lipinski definition) is 1. The second-order valence-corrected chi connectivity index (χ2v) is 9.59. The molecule has 9 nitrogen and oxygen atoms in total. The number of thioether (sulfide) groups is 1. The summed E-state index contributed by atoms with van der Waals surface area (Å²) in [6.45, 7) is 2.02. The van der Waals surface area contributed by atoms with E-state index < -0.39 is 16.0 Å². The highest BCUT2D eigenvalue weighted by Crippen LogP contribution is 2.39. The largest absolute Gasteiger partial charge is 0.490 e. The van der Waals surface area contributed by atoms with Gasteiger partial charge in [0.1, 0.15) is 5.84 Å². The summed E-state index contributed by atoms with van der Waals surface area (Å²) in [5, 5.41) is 9.34. The number of amidine groups is 3. The minimum absolute atomic E-state index is 0.00889. The number of ether oxygens (including phenoxy) is 1. The van der Waals surface area contributed by atoms with Crippen molar-refractivity contribution in [2.75, 3.05) is 19.1 Å². The predicted octanol–water partition coefficient (Wildman–Crippen LogP) is 3.13. The van der Waals surface area contributed by atoms with Gasteiger partial charge in [0.2, 0.25) is 5.17 Å². The average Bonchev–Trinajstić information content (AvgIpc) is 3.04. The zero-order chi connectivity index (χ0) is 21.3. The fourth-order valence-electron chi connectivity index (χ4n) is 2.47. The molecule has 0 saturated carbocycles. The van der Waals surface area contributed by atoms with Crippen LogP contribution in [0.1, 0.15) is 12.5 Å². The molecule has 0 aliphatic carbocycles. The van der Waals surface area contributed by atoms with Gasteiger partial charge in [-0.05, 0) is 52.9 Å². The van der Waals surface area contributed by atoms with E-state index >= 15 is 0 Å². The van der Waals surface area contributed by atoms with Crippen LogP contribution in [-0.2, 0) is 14.9 Å². The van der Waals surface area contributed by atoms with Crippen molar-refractivity contribution < 1.29 is 22.1 Å². The first kappa shape index (κ1) is 21.9. The van der Waals surface area contributed by atoms with E-state index in [1.165, 1.54) is 28.8 Å². The molecular weight excluding hydrogens is 504 g/mol. The van der Waals surface area contributed by atoms with E-state index in [9.17, 15) is 13.2 Å². The number of carbonyl (C=O) groups excluding carboxylic acids is 1. The zero-order valence-electron chi connectivity index (χ0n) is 15.4. The summed E-state index contributed by atoms with van der Waals surface area (Å²) in [7, 11) is -3.77. The third-order valence-electron chi connectivity index (χ3n) is 3.55. The molecule has 0 radical (unpaired) electrons. The van der Waals surface area contributed by atoms with E-state index in [4.69, 9.17) is 14.3 Å². The maximum atomic E-state index is 12.5. The van der Waals surface area contributed by atoms with Gasteiger partial charge in [0.25, 0.3) is 5.91 Å². The number of nitrogens with one attached hydrogen (secondary N) is 1. The van der Waals surface area contributed by atoms with E-state index in [-0.39, 0.29) is 29.5 Å². The number of carbonyl (C=O) groups is 1. The van der Waals surface area contributed by atoms with Crippen LogP contribution in [-0.4, -0.2) is 54.5 Å². The fraction of sp³-hybridized carbons (Fsp3) is 0.250. The summed E-state index contributed by atoms with van der Waals surface area (Å²) in [5.74, 6) is -0.406. The quantitative estimate of drug-likeness (QED) is 0.358. The van der Waals surface area contributed by atoms with Gasteiger partial charge in [-0.25, -0.2) is 4.90 Å². The van der Waals surface area contributed by atoms with E-state index in [0.717, 1.165) is 18.2 Å². The third kappa shape index (κ3) is 4.68. The van der Waals surface area contributed by atoms with Crippen molar-refractivity contribution in [3.8, 4) is 11.5 Å². The van der Waals surface area contributed by atoms with Crippen LogP contribution in [0.3, 0.4) is 0 Å². The van der Waals surface area contributed by atoms with Gasteiger partial charge in [-0.2, -0.15) is 17.8 Å². The molecule has 0 aromatic heterocycles. The monoisotopic (exact) mass is 518 g/mol. The molecule has 0 bridgehead atoms. The van der Waals surface area contributed by atoms with E-state index in [1.807, 2.05) is 6.26 Å². The summed E-state index contributed by atoms with van der Waals surface area (Å²) in [5.41, 5.74) is 0.576. The van der Waals surface area contributed by atoms with Gasteiger partial charge in [-0.1, -0.05) is 11.8 Å². The molecule has 3 rings (SSSR count). The van der Waals surface area contributed by atoms with Gasteiger partial charge in [-0.15, -0.1) is 0 Å². The van der Waals surface area contributed by atoms with E-state index in [1.54, 1.807) is 13.0 Å². The summed E-state index contributed by atoms with van der Waals surface area (Å²) >= 11 is 5.67. The molecule has 0 fully saturated rings. The fourth-order valence-corrected chi connectivity index (χ4v) is 5.04.